The van der Waals surface area contributed by atoms with Gasteiger partial charge in [0.15, 0.2) is 0 Å². The summed E-state index contributed by atoms with van der Waals surface area (Å²) >= 11 is 0. The molecule has 0 saturated heterocycles. The van der Waals surface area contributed by atoms with Gasteiger partial charge in [-0.2, -0.15) is 0 Å². The second-order valence-corrected chi connectivity index (χ2v) is 4.07. The molecule has 3 aliphatic rings. The van der Waals surface area contributed by atoms with Gasteiger partial charge in [0.2, 0.25) is 0 Å². The predicted molar refractivity (Wildman–Crippen MR) is 39.7 cm³/mol. The molecule has 0 aromatic carbocycles. The molecular formula is C9H14O. The van der Waals surface area contributed by atoms with Gasteiger partial charge in [0.25, 0.3) is 0 Å². The van der Waals surface area contributed by atoms with Crippen LogP contribution >= 0.6 is 0 Å². The van der Waals surface area contributed by atoms with Crippen LogP contribution in [0, 0.1) is 11.3 Å². The molecule has 1 heteroatoms. The Morgan fingerprint density at radius 2 is 2.30 bits per heavy atom. The Labute approximate surface area is 61.8 Å². The van der Waals surface area contributed by atoms with E-state index in [9.17, 15) is 4.79 Å². The molecule has 0 heterocycles. The van der Waals surface area contributed by atoms with E-state index in [1.54, 1.807) is 0 Å². The lowest BCUT2D eigenvalue weighted by molar-refractivity contribution is -0.144. The van der Waals surface area contributed by atoms with Crippen molar-refractivity contribution < 1.29 is 4.79 Å². The van der Waals surface area contributed by atoms with E-state index in [4.69, 9.17) is 0 Å². The van der Waals surface area contributed by atoms with Crippen molar-refractivity contribution in [2.75, 3.05) is 0 Å². The highest BCUT2D eigenvalue weighted by atomic mass is 16.1. The number of Topliss-reactive ketones (excluding diaryl/α,β-unsaturated/α-hetero) is 1. The topological polar surface area (TPSA) is 17.1 Å². The Kier molecular flexibility index (Phi) is 1.17. The van der Waals surface area contributed by atoms with Gasteiger partial charge >= 0.3 is 0 Å². The van der Waals surface area contributed by atoms with Crippen LogP contribution in [0.4, 0.5) is 0 Å². The molecule has 56 valence electrons. The summed E-state index contributed by atoms with van der Waals surface area (Å²) in [4.78, 5) is 11.4. The van der Waals surface area contributed by atoms with Crippen molar-refractivity contribution in [1.82, 2.24) is 0 Å². The molecule has 0 N–H and O–H groups in total. The summed E-state index contributed by atoms with van der Waals surface area (Å²) in [5.41, 5.74) is 0.126. The Morgan fingerprint density at radius 3 is 3.00 bits per heavy atom. The first-order valence-electron chi connectivity index (χ1n) is 4.27. The largest absolute Gasteiger partial charge is 0.299 e. The summed E-state index contributed by atoms with van der Waals surface area (Å²) in [6.45, 7) is 2.14. The zero-order valence-electron chi connectivity index (χ0n) is 6.52. The molecule has 0 amide bonds. The molecule has 3 fully saturated rings. The van der Waals surface area contributed by atoms with E-state index < -0.39 is 0 Å². The van der Waals surface area contributed by atoms with Crippen LogP contribution in [-0.4, -0.2) is 5.78 Å². The smallest absolute Gasteiger partial charge is 0.141 e. The van der Waals surface area contributed by atoms with Crippen molar-refractivity contribution >= 4 is 5.78 Å². The molecule has 0 radical (unpaired) electrons. The zero-order chi connectivity index (χ0) is 7.19. The number of ketones is 1. The van der Waals surface area contributed by atoms with E-state index in [-0.39, 0.29) is 5.41 Å². The maximum atomic E-state index is 11.4. The van der Waals surface area contributed by atoms with Gasteiger partial charge in [0, 0.05) is 11.3 Å². The monoisotopic (exact) mass is 138 g/mol. The molecule has 3 rings (SSSR count). The molecule has 0 aromatic rings. The van der Waals surface area contributed by atoms with Gasteiger partial charge in [-0.1, -0.05) is 19.8 Å². The average molecular weight is 138 g/mol. The normalized spacial score (nSPS) is 46.1. The summed E-state index contributed by atoms with van der Waals surface area (Å²) in [5.74, 6) is 1.03. The van der Waals surface area contributed by atoms with Crippen molar-refractivity contribution in [2.45, 2.75) is 39.0 Å². The molecule has 3 saturated carbocycles. The van der Waals surface area contributed by atoms with Crippen LogP contribution in [-0.2, 0) is 4.79 Å². The molecule has 0 aromatic heterocycles. The van der Waals surface area contributed by atoms with E-state index in [0.29, 0.717) is 11.7 Å². The quantitative estimate of drug-likeness (QED) is 0.501. The van der Waals surface area contributed by atoms with Crippen LogP contribution in [0.25, 0.3) is 0 Å². The number of fused-ring (bicyclic) bond motifs is 3. The van der Waals surface area contributed by atoms with Crippen molar-refractivity contribution in [3.05, 3.63) is 0 Å². The highest BCUT2D eigenvalue weighted by Gasteiger charge is 2.49. The fourth-order valence-electron chi connectivity index (χ4n) is 2.46. The lowest BCUT2D eigenvalue weighted by atomic mass is 9.61. The molecule has 0 spiro atoms. The minimum Gasteiger partial charge on any atom is -0.299 e. The number of carbonyl (C=O) groups excluding carboxylic acids is 1. The average Bonchev–Trinajstić information content (AvgIpc) is 2.18. The van der Waals surface area contributed by atoms with Gasteiger partial charge in [-0.05, 0) is 19.3 Å². The minimum atomic E-state index is 0.126. The molecule has 10 heavy (non-hydrogen) atoms. The summed E-state index contributed by atoms with van der Waals surface area (Å²) in [7, 11) is 0. The number of rotatable bonds is 0. The van der Waals surface area contributed by atoms with Crippen molar-refractivity contribution in [1.29, 1.82) is 0 Å². The van der Waals surface area contributed by atoms with E-state index in [0.717, 1.165) is 6.42 Å². The molecule has 3 aliphatic carbocycles. The number of carbonyl (C=O) groups is 1. The Hall–Kier alpha value is -0.330. The first-order chi connectivity index (χ1) is 4.72. The third-order valence-corrected chi connectivity index (χ3v) is 3.19. The fraction of sp³-hybridized carbons (Fsp3) is 0.889. The fourth-order valence-corrected chi connectivity index (χ4v) is 2.46. The number of hydrogen-bond donors (Lipinski definition) is 0. The maximum Gasteiger partial charge on any atom is 0.141 e. The van der Waals surface area contributed by atoms with Crippen molar-refractivity contribution in [3.63, 3.8) is 0 Å². The lowest BCUT2D eigenvalue weighted by Gasteiger charge is -2.41. The first-order valence-corrected chi connectivity index (χ1v) is 4.27. The van der Waals surface area contributed by atoms with Gasteiger partial charge in [-0.3, -0.25) is 4.79 Å². The Bertz CT molecular complexity index is 170. The van der Waals surface area contributed by atoms with Crippen LogP contribution in [0.3, 0.4) is 0 Å². The van der Waals surface area contributed by atoms with E-state index >= 15 is 0 Å². The van der Waals surface area contributed by atoms with Crippen LogP contribution < -0.4 is 0 Å². The molecule has 2 unspecified atom stereocenters. The van der Waals surface area contributed by atoms with Gasteiger partial charge in [0.1, 0.15) is 5.78 Å². The minimum absolute atomic E-state index is 0.126. The molecule has 1 nitrogen and oxygen atoms in total. The second-order valence-electron chi connectivity index (χ2n) is 4.07. The van der Waals surface area contributed by atoms with Gasteiger partial charge in [-0.25, -0.2) is 0 Å². The van der Waals surface area contributed by atoms with Crippen LogP contribution in [0.5, 0.6) is 0 Å². The second kappa shape index (κ2) is 1.84. The molecule has 0 aliphatic heterocycles. The Morgan fingerprint density at radius 1 is 1.50 bits per heavy atom. The summed E-state index contributed by atoms with van der Waals surface area (Å²) in [5, 5.41) is 0. The SMILES string of the molecule is CC12CCCCC(C1)C2=O. The van der Waals surface area contributed by atoms with E-state index in [1.807, 2.05) is 0 Å². The third-order valence-electron chi connectivity index (χ3n) is 3.19. The van der Waals surface area contributed by atoms with Crippen LogP contribution in [0.15, 0.2) is 0 Å². The summed E-state index contributed by atoms with van der Waals surface area (Å²) in [6, 6.07) is 0. The number of hydrogen-bond acceptors (Lipinski definition) is 1. The van der Waals surface area contributed by atoms with Gasteiger partial charge in [0.05, 0.1) is 0 Å². The zero-order valence-corrected chi connectivity index (χ0v) is 6.52. The van der Waals surface area contributed by atoms with E-state index in [1.165, 1.54) is 25.7 Å². The maximum absolute atomic E-state index is 11.4. The summed E-state index contributed by atoms with van der Waals surface area (Å²) in [6.07, 6.45) is 6.08. The highest BCUT2D eigenvalue weighted by Crippen LogP contribution is 2.50. The van der Waals surface area contributed by atoms with Crippen molar-refractivity contribution in [3.8, 4) is 0 Å². The van der Waals surface area contributed by atoms with Crippen LogP contribution in [0.1, 0.15) is 39.0 Å². The molecular weight excluding hydrogens is 124 g/mol. The third kappa shape index (κ3) is 0.664. The lowest BCUT2D eigenvalue weighted by Crippen LogP contribution is -2.44. The molecule has 2 bridgehead atoms. The molecule has 2 atom stereocenters. The standard InChI is InChI=1S/C9H14O/c1-9-5-3-2-4-7(6-9)8(9)10/h7H,2-6H2,1H3. The van der Waals surface area contributed by atoms with Crippen molar-refractivity contribution in [2.24, 2.45) is 11.3 Å². The predicted octanol–water partition coefficient (Wildman–Crippen LogP) is 2.16. The summed E-state index contributed by atoms with van der Waals surface area (Å²) < 4.78 is 0. The van der Waals surface area contributed by atoms with Crippen LogP contribution in [0.2, 0.25) is 0 Å². The highest BCUT2D eigenvalue weighted by molar-refractivity contribution is 5.92. The van der Waals surface area contributed by atoms with Gasteiger partial charge in [-0.15, -0.1) is 0 Å². The van der Waals surface area contributed by atoms with E-state index in [2.05, 4.69) is 6.92 Å². The van der Waals surface area contributed by atoms with Gasteiger partial charge < -0.3 is 0 Å². The first kappa shape index (κ1) is 6.38. The Balaban J connectivity index is 2.19.